The second-order valence-electron chi connectivity index (χ2n) is 5.29. The second-order valence-corrected chi connectivity index (χ2v) is 6.56. The van der Waals surface area contributed by atoms with Gasteiger partial charge >= 0.3 is 0 Å². The van der Waals surface area contributed by atoms with Crippen molar-refractivity contribution < 1.29 is 18.7 Å². The van der Waals surface area contributed by atoms with Gasteiger partial charge in [0.15, 0.2) is 0 Å². The third kappa shape index (κ3) is 3.17. The number of hydrogen-bond acceptors (Lipinski definition) is 4. The van der Waals surface area contributed by atoms with Gasteiger partial charge < -0.3 is 4.74 Å². The van der Waals surface area contributed by atoms with Crippen molar-refractivity contribution in [1.29, 1.82) is 0 Å². The van der Waals surface area contributed by atoms with Gasteiger partial charge in [-0.15, -0.1) is 11.8 Å². The van der Waals surface area contributed by atoms with Crippen LogP contribution in [-0.4, -0.2) is 24.7 Å². The maximum absolute atomic E-state index is 13.2. The zero-order valence-electron chi connectivity index (χ0n) is 13.8. The van der Waals surface area contributed by atoms with E-state index in [2.05, 4.69) is 0 Å². The minimum Gasteiger partial charge on any atom is -0.497 e. The predicted molar refractivity (Wildman–Crippen MR) is 96.9 cm³/mol. The van der Waals surface area contributed by atoms with Gasteiger partial charge in [-0.25, -0.2) is 9.29 Å². The summed E-state index contributed by atoms with van der Waals surface area (Å²) >= 11 is 1.33. The van der Waals surface area contributed by atoms with Gasteiger partial charge in [-0.05, 0) is 47.7 Å². The smallest absolute Gasteiger partial charge is 0.272 e. The van der Waals surface area contributed by atoms with Gasteiger partial charge in [-0.1, -0.05) is 19.1 Å². The number of ether oxygens (including phenoxy) is 1. The molecule has 25 heavy (non-hydrogen) atoms. The molecular formula is C19H16FNO3S. The molecule has 0 unspecified atom stereocenters. The van der Waals surface area contributed by atoms with Crippen LogP contribution in [0.5, 0.6) is 5.75 Å². The lowest BCUT2D eigenvalue weighted by Gasteiger charge is -2.15. The van der Waals surface area contributed by atoms with Crippen molar-refractivity contribution in [2.45, 2.75) is 6.92 Å². The van der Waals surface area contributed by atoms with E-state index in [0.29, 0.717) is 33.2 Å². The van der Waals surface area contributed by atoms with Crippen LogP contribution in [0.25, 0.3) is 5.57 Å². The van der Waals surface area contributed by atoms with Crippen LogP contribution in [0.2, 0.25) is 0 Å². The first-order valence-electron chi connectivity index (χ1n) is 7.72. The Balaban J connectivity index is 2.05. The molecule has 0 fully saturated rings. The molecule has 0 radical (unpaired) electrons. The minimum atomic E-state index is -0.422. The summed E-state index contributed by atoms with van der Waals surface area (Å²) in [6, 6.07) is 12.3. The van der Waals surface area contributed by atoms with Crippen molar-refractivity contribution >= 4 is 34.8 Å². The highest BCUT2D eigenvalue weighted by molar-refractivity contribution is 8.04. The highest BCUT2D eigenvalue weighted by Gasteiger charge is 2.39. The van der Waals surface area contributed by atoms with Crippen LogP contribution in [0.15, 0.2) is 53.4 Å². The second kappa shape index (κ2) is 7.11. The lowest BCUT2D eigenvalue weighted by atomic mass is 10.1. The number of benzene rings is 2. The van der Waals surface area contributed by atoms with Crippen molar-refractivity contribution in [3.63, 3.8) is 0 Å². The molecule has 3 rings (SSSR count). The first-order chi connectivity index (χ1) is 12.1. The highest BCUT2D eigenvalue weighted by Crippen LogP contribution is 2.38. The van der Waals surface area contributed by atoms with Crippen molar-refractivity contribution in [2.24, 2.45) is 0 Å². The zero-order chi connectivity index (χ0) is 18.0. The predicted octanol–water partition coefficient (Wildman–Crippen LogP) is 3.87. The Labute approximate surface area is 149 Å². The number of nitrogens with zero attached hydrogens (tertiary/aromatic N) is 1. The molecule has 0 aliphatic carbocycles. The number of carbonyl (C=O) groups is 2. The van der Waals surface area contributed by atoms with E-state index in [1.165, 1.54) is 36.0 Å². The Morgan fingerprint density at radius 2 is 1.64 bits per heavy atom. The van der Waals surface area contributed by atoms with Crippen LogP contribution >= 0.6 is 11.8 Å². The zero-order valence-corrected chi connectivity index (χ0v) is 14.6. The van der Waals surface area contributed by atoms with Gasteiger partial charge in [0, 0.05) is 0 Å². The average molecular weight is 357 g/mol. The Hall–Kier alpha value is -2.60. The van der Waals surface area contributed by atoms with Gasteiger partial charge in [0.2, 0.25) is 0 Å². The summed E-state index contributed by atoms with van der Waals surface area (Å²) in [7, 11) is 1.56. The Morgan fingerprint density at radius 1 is 1.00 bits per heavy atom. The molecule has 1 aliphatic rings. The number of anilines is 1. The molecule has 0 saturated heterocycles. The number of amides is 2. The van der Waals surface area contributed by atoms with E-state index in [1.807, 2.05) is 6.92 Å². The summed E-state index contributed by atoms with van der Waals surface area (Å²) in [5.74, 6) is 0.119. The summed E-state index contributed by atoms with van der Waals surface area (Å²) in [4.78, 5) is 27.3. The number of hydrogen-bond donors (Lipinski definition) is 0. The molecule has 0 atom stereocenters. The van der Waals surface area contributed by atoms with Gasteiger partial charge in [0.1, 0.15) is 11.6 Å². The molecule has 128 valence electrons. The maximum atomic E-state index is 13.2. The summed E-state index contributed by atoms with van der Waals surface area (Å²) in [5, 5.41) is 0. The molecule has 4 nitrogen and oxygen atoms in total. The molecule has 0 bridgehead atoms. The molecule has 2 amide bonds. The molecule has 1 aliphatic heterocycles. The molecule has 0 saturated carbocycles. The number of thioether (sulfide) groups is 1. The van der Waals surface area contributed by atoms with Gasteiger partial charge in [-0.3, -0.25) is 9.59 Å². The summed E-state index contributed by atoms with van der Waals surface area (Å²) in [6.07, 6.45) is 0. The van der Waals surface area contributed by atoms with Crippen LogP contribution in [0.3, 0.4) is 0 Å². The van der Waals surface area contributed by atoms with Crippen molar-refractivity contribution in [3.05, 3.63) is 64.8 Å². The highest BCUT2D eigenvalue weighted by atomic mass is 32.2. The fraction of sp³-hybridized carbons (Fsp3) is 0.158. The molecule has 6 heteroatoms. The maximum Gasteiger partial charge on any atom is 0.272 e. The Morgan fingerprint density at radius 3 is 2.20 bits per heavy atom. The van der Waals surface area contributed by atoms with E-state index in [4.69, 9.17) is 4.74 Å². The standard InChI is InChI=1S/C19H16FNO3S/c1-3-25-17-16(12-4-10-15(24-2)11-5-12)18(22)21(19(17)23)14-8-6-13(20)7-9-14/h4-11H,3H2,1-2H3. The first-order valence-corrected chi connectivity index (χ1v) is 8.71. The number of imide groups is 1. The third-order valence-corrected chi connectivity index (χ3v) is 4.75. The van der Waals surface area contributed by atoms with Crippen LogP contribution in [0, 0.1) is 5.82 Å². The minimum absolute atomic E-state index is 0.356. The Bertz CT molecular complexity index is 844. The van der Waals surface area contributed by atoms with E-state index in [0.717, 1.165) is 4.90 Å². The molecule has 0 aromatic heterocycles. The number of carbonyl (C=O) groups excluding carboxylic acids is 2. The quantitative estimate of drug-likeness (QED) is 0.762. The van der Waals surface area contributed by atoms with Gasteiger partial charge in [0.25, 0.3) is 11.8 Å². The van der Waals surface area contributed by atoms with E-state index < -0.39 is 11.7 Å². The summed E-state index contributed by atoms with van der Waals surface area (Å²) < 4.78 is 18.3. The third-order valence-electron chi connectivity index (χ3n) is 3.79. The van der Waals surface area contributed by atoms with E-state index >= 15 is 0 Å². The fourth-order valence-electron chi connectivity index (χ4n) is 2.62. The van der Waals surface area contributed by atoms with Crippen molar-refractivity contribution in [3.8, 4) is 5.75 Å². The number of methoxy groups -OCH3 is 1. The van der Waals surface area contributed by atoms with E-state index in [9.17, 15) is 14.0 Å². The van der Waals surface area contributed by atoms with Crippen LogP contribution < -0.4 is 9.64 Å². The topological polar surface area (TPSA) is 46.6 Å². The molecular weight excluding hydrogens is 341 g/mol. The SMILES string of the molecule is CCSC1=C(c2ccc(OC)cc2)C(=O)N(c2ccc(F)cc2)C1=O. The number of halogens is 1. The largest absolute Gasteiger partial charge is 0.497 e. The average Bonchev–Trinajstić information content (AvgIpc) is 2.87. The monoisotopic (exact) mass is 357 g/mol. The van der Waals surface area contributed by atoms with Crippen LogP contribution in [-0.2, 0) is 9.59 Å². The Kier molecular flexibility index (Phi) is 4.90. The summed E-state index contributed by atoms with van der Waals surface area (Å²) in [5.41, 5.74) is 1.37. The normalized spacial score (nSPS) is 14.4. The van der Waals surface area contributed by atoms with Gasteiger partial charge in [0.05, 0.1) is 23.3 Å². The van der Waals surface area contributed by atoms with Crippen LogP contribution in [0.4, 0.5) is 10.1 Å². The lowest BCUT2D eigenvalue weighted by Crippen LogP contribution is -2.31. The van der Waals surface area contributed by atoms with Crippen LogP contribution in [0.1, 0.15) is 12.5 Å². The fourth-order valence-corrected chi connectivity index (χ4v) is 3.48. The van der Waals surface area contributed by atoms with Gasteiger partial charge in [-0.2, -0.15) is 0 Å². The molecule has 2 aromatic rings. The van der Waals surface area contributed by atoms with Crippen molar-refractivity contribution in [2.75, 3.05) is 17.8 Å². The van der Waals surface area contributed by atoms with Crippen molar-refractivity contribution in [1.82, 2.24) is 0 Å². The molecule has 0 N–H and O–H groups in total. The number of rotatable bonds is 5. The van der Waals surface area contributed by atoms with E-state index in [1.54, 1.807) is 31.4 Å². The molecule has 1 heterocycles. The summed E-state index contributed by atoms with van der Waals surface area (Å²) in [6.45, 7) is 1.92. The molecule has 0 spiro atoms. The lowest BCUT2D eigenvalue weighted by molar-refractivity contribution is -0.119. The van der Waals surface area contributed by atoms with E-state index in [-0.39, 0.29) is 5.91 Å². The molecule has 2 aromatic carbocycles. The first kappa shape index (κ1) is 17.2.